The summed E-state index contributed by atoms with van der Waals surface area (Å²) in [5.41, 5.74) is -1.82. The number of halogens is 4. The molecule has 2 aromatic rings. The van der Waals surface area contributed by atoms with Crippen LogP contribution in [0.15, 0.2) is 35.7 Å². The maximum atomic E-state index is 15.7. The van der Waals surface area contributed by atoms with Crippen LogP contribution in [-0.4, -0.2) is 23.4 Å². The summed E-state index contributed by atoms with van der Waals surface area (Å²) >= 11 is 0.939. The quantitative estimate of drug-likeness (QED) is 0.544. The van der Waals surface area contributed by atoms with Crippen LogP contribution in [0.2, 0.25) is 0 Å². The minimum atomic E-state index is -2.73. The Balaban J connectivity index is 2.19. The zero-order chi connectivity index (χ0) is 20.5. The Labute approximate surface area is 165 Å². The molecule has 0 radical (unpaired) electrons. The molecule has 1 aliphatic carbocycles. The maximum Gasteiger partial charge on any atom is 0.335 e. The molecule has 0 amide bonds. The largest absolute Gasteiger partial charge is 0.478 e. The molecule has 1 aromatic heterocycles. The van der Waals surface area contributed by atoms with Crippen LogP contribution in [0.4, 0.5) is 17.6 Å². The first-order valence-corrected chi connectivity index (χ1v) is 10.2. The van der Waals surface area contributed by atoms with Crippen molar-refractivity contribution in [2.75, 3.05) is 0 Å². The molecule has 1 heterocycles. The summed E-state index contributed by atoms with van der Waals surface area (Å²) < 4.78 is 57.2. The summed E-state index contributed by atoms with van der Waals surface area (Å²) in [6.45, 7) is 1.90. The third-order valence-corrected chi connectivity index (χ3v) is 6.85. The van der Waals surface area contributed by atoms with Gasteiger partial charge in [0.25, 0.3) is 6.43 Å². The van der Waals surface area contributed by atoms with E-state index in [0.717, 1.165) is 11.3 Å². The second kappa shape index (κ2) is 8.23. The fourth-order valence-corrected chi connectivity index (χ4v) is 5.50. The molecule has 0 bridgehead atoms. The number of benzene rings is 1. The van der Waals surface area contributed by atoms with E-state index in [2.05, 4.69) is 0 Å². The van der Waals surface area contributed by atoms with Gasteiger partial charge in [0.1, 0.15) is 12.3 Å². The second-order valence-corrected chi connectivity index (χ2v) is 8.21. The van der Waals surface area contributed by atoms with Crippen LogP contribution in [0.1, 0.15) is 65.4 Å². The van der Waals surface area contributed by atoms with Gasteiger partial charge in [-0.2, -0.15) is 0 Å². The number of hydrogen-bond donors (Lipinski definition) is 1. The highest BCUT2D eigenvalue weighted by Crippen LogP contribution is 2.52. The summed E-state index contributed by atoms with van der Waals surface area (Å²) in [6, 6.07) is 7.11. The fraction of sp³-hybridized carbons (Fsp3) is 0.476. The molecule has 0 spiro atoms. The van der Waals surface area contributed by atoms with Gasteiger partial charge in [-0.3, -0.25) is 0 Å². The molecule has 1 N–H and O–H groups in total. The fourth-order valence-electron chi connectivity index (χ4n) is 4.33. The van der Waals surface area contributed by atoms with Crippen molar-refractivity contribution in [2.24, 2.45) is 5.92 Å². The molecule has 1 fully saturated rings. The lowest BCUT2D eigenvalue weighted by atomic mass is 9.62. The van der Waals surface area contributed by atoms with Crippen molar-refractivity contribution in [3.63, 3.8) is 0 Å². The van der Waals surface area contributed by atoms with E-state index in [1.165, 1.54) is 29.6 Å². The van der Waals surface area contributed by atoms with Gasteiger partial charge in [-0.05, 0) is 48.3 Å². The van der Waals surface area contributed by atoms with E-state index in [9.17, 15) is 18.7 Å². The zero-order valence-electron chi connectivity index (χ0n) is 15.4. The number of aromatic carboxylic acids is 1. The van der Waals surface area contributed by atoms with Crippen molar-refractivity contribution in [1.29, 1.82) is 0 Å². The summed E-state index contributed by atoms with van der Waals surface area (Å²) in [7, 11) is 0. The van der Waals surface area contributed by atoms with E-state index in [0.29, 0.717) is 19.3 Å². The van der Waals surface area contributed by atoms with Gasteiger partial charge in [0.15, 0.2) is 0 Å². The van der Waals surface area contributed by atoms with Crippen LogP contribution in [0.3, 0.4) is 0 Å². The van der Waals surface area contributed by atoms with E-state index < -0.39 is 36.1 Å². The Hall–Kier alpha value is -1.89. The highest BCUT2D eigenvalue weighted by atomic mass is 32.1. The van der Waals surface area contributed by atoms with Crippen LogP contribution in [0.25, 0.3) is 0 Å². The minimum Gasteiger partial charge on any atom is -0.478 e. The number of carboxylic acids is 1. The molecule has 0 aliphatic heterocycles. The number of alkyl halides is 4. The lowest BCUT2D eigenvalue weighted by molar-refractivity contribution is 0.0155. The maximum absolute atomic E-state index is 15.7. The van der Waals surface area contributed by atoms with Crippen molar-refractivity contribution in [2.45, 2.75) is 56.8 Å². The predicted molar refractivity (Wildman–Crippen MR) is 101 cm³/mol. The average molecular weight is 414 g/mol. The van der Waals surface area contributed by atoms with Crippen molar-refractivity contribution >= 4 is 17.3 Å². The molecule has 3 rings (SSSR count). The van der Waals surface area contributed by atoms with Crippen LogP contribution < -0.4 is 0 Å². The molecule has 7 heteroatoms. The van der Waals surface area contributed by atoms with Crippen molar-refractivity contribution < 1.29 is 27.5 Å². The van der Waals surface area contributed by atoms with Crippen molar-refractivity contribution in [3.8, 4) is 0 Å². The smallest absolute Gasteiger partial charge is 0.335 e. The van der Waals surface area contributed by atoms with E-state index in [1.807, 2.05) is 6.92 Å². The molecule has 152 valence electrons. The van der Waals surface area contributed by atoms with Gasteiger partial charge < -0.3 is 5.11 Å². The zero-order valence-corrected chi connectivity index (χ0v) is 16.2. The third-order valence-electron chi connectivity index (χ3n) is 5.72. The molecule has 2 nitrogen and oxygen atoms in total. The van der Waals surface area contributed by atoms with Gasteiger partial charge in [0, 0.05) is 10.4 Å². The Kier molecular flexibility index (Phi) is 6.12. The van der Waals surface area contributed by atoms with Gasteiger partial charge in [0.05, 0.1) is 11.0 Å². The Morgan fingerprint density at radius 3 is 2.64 bits per heavy atom. The van der Waals surface area contributed by atoms with Crippen LogP contribution in [0, 0.1) is 5.92 Å². The molecule has 4 unspecified atom stereocenters. The van der Waals surface area contributed by atoms with E-state index in [-0.39, 0.29) is 28.0 Å². The first kappa shape index (κ1) is 20.8. The normalized spacial score (nSPS) is 27.9. The average Bonchev–Trinajstić information content (AvgIpc) is 3.17. The van der Waals surface area contributed by atoms with E-state index >= 15 is 8.78 Å². The SMILES string of the molecule is CCCC1CCC(c2cc(C(F)F)cs2)(c2ccccc2C(=O)O)C(F)C1F. The minimum absolute atomic E-state index is 0.127. The predicted octanol–water partition coefficient (Wildman–Crippen LogP) is 6.56. The van der Waals surface area contributed by atoms with Crippen molar-refractivity contribution in [1.82, 2.24) is 0 Å². The van der Waals surface area contributed by atoms with Gasteiger partial charge in [0.2, 0.25) is 0 Å². The summed E-state index contributed by atoms with van der Waals surface area (Å²) in [4.78, 5) is 12.0. The number of hydrogen-bond acceptors (Lipinski definition) is 2. The molecule has 28 heavy (non-hydrogen) atoms. The van der Waals surface area contributed by atoms with Crippen LogP contribution in [0.5, 0.6) is 0 Å². The molecule has 0 saturated heterocycles. The molecule has 1 aromatic carbocycles. The molecule has 4 atom stereocenters. The number of carboxylic acid groups (broad SMARTS) is 1. The molecule has 1 saturated carbocycles. The Morgan fingerprint density at radius 1 is 1.32 bits per heavy atom. The van der Waals surface area contributed by atoms with Crippen LogP contribution in [-0.2, 0) is 5.41 Å². The highest BCUT2D eigenvalue weighted by molar-refractivity contribution is 7.10. The number of carbonyl (C=O) groups is 1. The topological polar surface area (TPSA) is 37.3 Å². The van der Waals surface area contributed by atoms with Crippen LogP contribution >= 0.6 is 11.3 Å². The van der Waals surface area contributed by atoms with Gasteiger partial charge in [-0.25, -0.2) is 22.4 Å². The van der Waals surface area contributed by atoms with E-state index in [4.69, 9.17) is 0 Å². The first-order chi connectivity index (χ1) is 13.3. The standard InChI is InChI=1S/C21H22F4O2S/c1-2-5-12-8-9-21(18(23)17(12)22,16-10-13(11-28-16)19(24)25)15-7-4-3-6-14(15)20(26)27/h3-4,6-7,10-12,17-19H,2,5,8-9H2,1H3,(H,26,27). The van der Waals surface area contributed by atoms with Crippen molar-refractivity contribution in [3.05, 3.63) is 57.3 Å². The Morgan fingerprint density at radius 2 is 2.04 bits per heavy atom. The summed E-state index contributed by atoms with van der Waals surface area (Å²) in [6.07, 6.45) is -4.74. The lowest BCUT2D eigenvalue weighted by Crippen LogP contribution is -2.50. The molecular weight excluding hydrogens is 392 g/mol. The van der Waals surface area contributed by atoms with Gasteiger partial charge in [-0.1, -0.05) is 31.5 Å². The summed E-state index contributed by atoms with van der Waals surface area (Å²) in [5, 5.41) is 10.8. The van der Waals surface area contributed by atoms with Gasteiger partial charge >= 0.3 is 5.97 Å². The molecule has 1 aliphatic rings. The number of rotatable bonds is 6. The monoisotopic (exact) mass is 414 g/mol. The summed E-state index contributed by atoms with van der Waals surface area (Å²) in [5.74, 6) is -1.71. The second-order valence-electron chi connectivity index (χ2n) is 7.30. The Bertz CT molecular complexity index is 837. The third kappa shape index (κ3) is 3.45. The number of thiophene rings is 1. The van der Waals surface area contributed by atoms with E-state index in [1.54, 1.807) is 6.07 Å². The highest BCUT2D eigenvalue weighted by Gasteiger charge is 2.54. The molecular formula is C21H22F4O2S. The first-order valence-electron chi connectivity index (χ1n) is 9.30. The lowest BCUT2D eigenvalue weighted by Gasteiger charge is -2.45. The van der Waals surface area contributed by atoms with Gasteiger partial charge in [-0.15, -0.1) is 11.3 Å².